The van der Waals surface area contributed by atoms with Crippen molar-refractivity contribution in [2.24, 2.45) is 5.92 Å². The standard InChI is InChI=1S/C14H27NO/c1-3-15-13(12-8-9-12)14(16-2)10-6-4-5-7-11-14/h12-13,15H,3-11H2,1-2H3. The van der Waals surface area contributed by atoms with Gasteiger partial charge in [0, 0.05) is 13.2 Å². The minimum absolute atomic E-state index is 0.147. The summed E-state index contributed by atoms with van der Waals surface area (Å²) in [5.41, 5.74) is 0.147. The van der Waals surface area contributed by atoms with E-state index in [1.807, 2.05) is 7.11 Å². The van der Waals surface area contributed by atoms with E-state index in [9.17, 15) is 0 Å². The van der Waals surface area contributed by atoms with Gasteiger partial charge in [0.25, 0.3) is 0 Å². The van der Waals surface area contributed by atoms with Crippen molar-refractivity contribution in [2.75, 3.05) is 13.7 Å². The van der Waals surface area contributed by atoms with E-state index in [1.165, 1.54) is 51.4 Å². The summed E-state index contributed by atoms with van der Waals surface area (Å²) in [5, 5.41) is 3.71. The van der Waals surface area contributed by atoms with Crippen LogP contribution in [0.4, 0.5) is 0 Å². The molecule has 0 radical (unpaired) electrons. The largest absolute Gasteiger partial charge is 0.377 e. The van der Waals surface area contributed by atoms with Gasteiger partial charge in [0.05, 0.1) is 5.60 Å². The summed E-state index contributed by atoms with van der Waals surface area (Å²) in [6.45, 7) is 3.29. The van der Waals surface area contributed by atoms with Gasteiger partial charge in [-0.25, -0.2) is 0 Å². The Balaban J connectivity index is 2.08. The van der Waals surface area contributed by atoms with E-state index in [1.54, 1.807) is 0 Å². The summed E-state index contributed by atoms with van der Waals surface area (Å²) >= 11 is 0. The SMILES string of the molecule is CCNC(C1CC1)C1(OC)CCCCCC1. The maximum absolute atomic E-state index is 6.01. The van der Waals surface area contributed by atoms with Crippen LogP contribution in [0.5, 0.6) is 0 Å². The molecular formula is C14H27NO. The number of hydrogen-bond donors (Lipinski definition) is 1. The van der Waals surface area contributed by atoms with E-state index in [-0.39, 0.29) is 5.60 Å². The second-order valence-electron chi connectivity index (χ2n) is 5.56. The molecule has 2 nitrogen and oxygen atoms in total. The molecule has 0 saturated heterocycles. The van der Waals surface area contributed by atoms with Crippen LogP contribution in [0.3, 0.4) is 0 Å². The van der Waals surface area contributed by atoms with E-state index in [0.717, 1.165) is 12.5 Å². The lowest BCUT2D eigenvalue weighted by Gasteiger charge is -2.40. The average Bonchev–Trinajstić information content (AvgIpc) is 3.13. The molecule has 2 fully saturated rings. The molecule has 0 aromatic rings. The summed E-state index contributed by atoms with van der Waals surface area (Å²) in [6, 6.07) is 0.612. The summed E-state index contributed by atoms with van der Waals surface area (Å²) in [6.07, 6.45) is 10.8. The maximum Gasteiger partial charge on any atom is 0.0833 e. The lowest BCUT2D eigenvalue weighted by Crippen LogP contribution is -2.53. The topological polar surface area (TPSA) is 21.3 Å². The summed E-state index contributed by atoms with van der Waals surface area (Å²) < 4.78 is 6.01. The highest BCUT2D eigenvalue weighted by molar-refractivity contribution is 5.01. The molecule has 2 aliphatic rings. The Morgan fingerprint density at radius 2 is 1.81 bits per heavy atom. The summed E-state index contributed by atoms with van der Waals surface area (Å²) in [5.74, 6) is 0.887. The third-order valence-electron chi connectivity index (χ3n) is 4.44. The van der Waals surface area contributed by atoms with Crippen LogP contribution >= 0.6 is 0 Å². The Bertz CT molecular complexity index is 205. The highest BCUT2D eigenvalue weighted by Crippen LogP contribution is 2.43. The number of methoxy groups -OCH3 is 1. The second kappa shape index (κ2) is 5.50. The normalized spacial score (nSPS) is 27.4. The number of rotatable bonds is 5. The molecule has 0 aromatic heterocycles. The quantitative estimate of drug-likeness (QED) is 0.726. The van der Waals surface area contributed by atoms with Crippen LogP contribution in [-0.2, 0) is 4.74 Å². The van der Waals surface area contributed by atoms with E-state index in [4.69, 9.17) is 4.74 Å². The molecule has 1 atom stereocenters. The summed E-state index contributed by atoms with van der Waals surface area (Å²) in [7, 11) is 1.93. The third-order valence-corrected chi connectivity index (χ3v) is 4.44. The predicted octanol–water partition coefficient (Wildman–Crippen LogP) is 3.11. The van der Waals surface area contributed by atoms with Gasteiger partial charge in [-0.05, 0) is 38.1 Å². The molecule has 0 bridgehead atoms. The van der Waals surface area contributed by atoms with E-state index < -0.39 is 0 Å². The molecule has 2 saturated carbocycles. The molecule has 1 unspecified atom stereocenters. The molecule has 1 N–H and O–H groups in total. The van der Waals surface area contributed by atoms with Gasteiger partial charge in [0.2, 0.25) is 0 Å². The minimum Gasteiger partial charge on any atom is -0.377 e. The van der Waals surface area contributed by atoms with Crippen molar-refractivity contribution in [1.29, 1.82) is 0 Å². The molecular weight excluding hydrogens is 198 g/mol. The van der Waals surface area contributed by atoms with Gasteiger partial charge < -0.3 is 10.1 Å². The molecule has 0 aromatic carbocycles. The Morgan fingerprint density at radius 3 is 2.25 bits per heavy atom. The van der Waals surface area contributed by atoms with Gasteiger partial charge in [-0.1, -0.05) is 32.6 Å². The lowest BCUT2D eigenvalue weighted by atomic mass is 9.83. The zero-order valence-electron chi connectivity index (χ0n) is 10.9. The lowest BCUT2D eigenvalue weighted by molar-refractivity contribution is -0.0580. The van der Waals surface area contributed by atoms with E-state index in [0.29, 0.717) is 6.04 Å². The van der Waals surface area contributed by atoms with Crippen LogP contribution in [0.2, 0.25) is 0 Å². The van der Waals surface area contributed by atoms with Crippen LogP contribution in [0, 0.1) is 5.92 Å². The van der Waals surface area contributed by atoms with Crippen molar-refractivity contribution < 1.29 is 4.74 Å². The fraction of sp³-hybridized carbons (Fsp3) is 1.00. The zero-order valence-corrected chi connectivity index (χ0v) is 10.9. The fourth-order valence-electron chi connectivity index (χ4n) is 3.40. The number of hydrogen-bond acceptors (Lipinski definition) is 2. The van der Waals surface area contributed by atoms with E-state index in [2.05, 4.69) is 12.2 Å². The Labute approximate surface area is 100 Å². The first-order chi connectivity index (χ1) is 7.82. The molecule has 0 aliphatic heterocycles. The monoisotopic (exact) mass is 225 g/mol. The van der Waals surface area contributed by atoms with Crippen molar-refractivity contribution in [3.63, 3.8) is 0 Å². The first-order valence-corrected chi connectivity index (χ1v) is 7.11. The number of likely N-dealkylation sites (N-methyl/N-ethyl adjacent to an activating group) is 1. The predicted molar refractivity (Wildman–Crippen MR) is 67.6 cm³/mol. The first-order valence-electron chi connectivity index (χ1n) is 7.11. The van der Waals surface area contributed by atoms with Crippen LogP contribution < -0.4 is 5.32 Å². The van der Waals surface area contributed by atoms with Gasteiger partial charge in [0.1, 0.15) is 0 Å². The third kappa shape index (κ3) is 2.60. The molecule has 2 aliphatic carbocycles. The smallest absolute Gasteiger partial charge is 0.0833 e. The second-order valence-corrected chi connectivity index (χ2v) is 5.56. The van der Waals surface area contributed by atoms with Crippen molar-refractivity contribution >= 4 is 0 Å². The van der Waals surface area contributed by atoms with Crippen LogP contribution in [-0.4, -0.2) is 25.3 Å². The number of ether oxygens (including phenoxy) is 1. The molecule has 2 rings (SSSR count). The minimum atomic E-state index is 0.147. The molecule has 94 valence electrons. The average molecular weight is 225 g/mol. The van der Waals surface area contributed by atoms with Crippen LogP contribution in [0.25, 0.3) is 0 Å². The Hall–Kier alpha value is -0.0800. The molecule has 16 heavy (non-hydrogen) atoms. The Morgan fingerprint density at radius 1 is 1.19 bits per heavy atom. The van der Waals surface area contributed by atoms with Crippen molar-refractivity contribution in [1.82, 2.24) is 5.32 Å². The maximum atomic E-state index is 6.01. The highest BCUT2D eigenvalue weighted by atomic mass is 16.5. The molecule has 0 amide bonds. The van der Waals surface area contributed by atoms with Gasteiger partial charge in [-0.15, -0.1) is 0 Å². The van der Waals surface area contributed by atoms with Gasteiger partial charge in [-0.3, -0.25) is 0 Å². The van der Waals surface area contributed by atoms with Crippen molar-refractivity contribution in [2.45, 2.75) is 69.9 Å². The van der Waals surface area contributed by atoms with Gasteiger partial charge in [0.15, 0.2) is 0 Å². The fourth-order valence-corrected chi connectivity index (χ4v) is 3.40. The molecule has 2 heteroatoms. The number of nitrogens with one attached hydrogen (secondary N) is 1. The van der Waals surface area contributed by atoms with Crippen molar-refractivity contribution in [3.8, 4) is 0 Å². The van der Waals surface area contributed by atoms with E-state index >= 15 is 0 Å². The van der Waals surface area contributed by atoms with Crippen molar-refractivity contribution in [3.05, 3.63) is 0 Å². The van der Waals surface area contributed by atoms with Crippen LogP contribution in [0.15, 0.2) is 0 Å². The molecule has 0 spiro atoms. The van der Waals surface area contributed by atoms with Gasteiger partial charge in [-0.2, -0.15) is 0 Å². The molecule has 0 heterocycles. The zero-order chi connectivity index (χ0) is 11.4. The summed E-state index contributed by atoms with van der Waals surface area (Å²) in [4.78, 5) is 0. The first kappa shape index (κ1) is 12.4. The van der Waals surface area contributed by atoms with Gasteiger partial charge >= 0.3 is 0 Å². The Kier molecular flexibility index (Phi) is 4.26. The van der Waals surface area contributed by atoms with Crippen LogP contribution in [0.1, 0.15) is 58.3 Å². The highest BCUT2D eigenvalue weighted by Gasteiger charge is 2.46.